The fourth-order valence-corrected chi connectivity index (χ4v) is 2.28. The van der Waals surface area contributed by atoms with Crippen molar-refractivity contribution in [3.8, 4) is 5.75 Å². The van der Waals surface area contributed by atoms with Gasteiger partial charge in [0.1, 0.15) is 5.75 Å². The quantitative estimate of drug-likeness (QED) is 0.917. The number of hydrogen-bond acceptors (Lipinski definition) is 3. The second-order valence-corrected chi connectivity index (χ2v) is 5.33. The molecule has 1 fully saturated rings. The van der Waals surface area contributed by atoms with Crippen LogP contribution in [-0.2, 0) is 4.79 Å². The molecule has 0 bridgehead atoms. The van der Waals surface area contributed by atoms with E-state index >= 15 is 0 Å². The van der Waals surface area contributed by atoms with Crippen molar-refractivity contribution < 1.29 is 9.53 Å². The molecule has 7 heteroatoms. The molecule has 1 aliphatic heterocycles. The highest BCUT2D eigenvalue weighted by Gasteiger charge is 2.23. The van der Waals surface area contributed by atoms with E-state index in [4.69, 9.17) is 27.9 Å². The van der Waals surface area contributed by atoms with Crippen molar-refractivity contribution in [3.05, 3.63) is 28.2 Å². The first-order valence-corrected chi connectivity index (χ1v) is 6.88. The molecule has 2 rings (SSSR count). The van der Waals surface area contributed by atoms with Crippen LogP contribution in [0.2, 0.25) is 10.0 Å². The number of benzene rings is 1. The summed E-state index contributed by atoms with van der Waals surface area (Å²) in [5.74, 6) is 0.500. The smallest absolute Gasteiger partial charge is 0.260 e. The lowest BCUT2D eigenvalue weighted by Gasteiger charge is -2.23. The van der Waals surface area contributed by atoms with E-state index in [1.165, 1.54) is 0 Å². The maximum atomic E-state index is 12.0. The van der Waals surface area contributed by atoms with Crippen molar-refractivity contribution in [1.29, 1.82) is 0 Å². The van der Waals surface area contributed by atoms with E-state index in [0.29, 0.717) is 15.8 Å². The Hall–Kier alpha value is -0.680. The van der Waals surface area contributed by atoms with Gasteiger partial charge >= 0.3 is 0 Å². The number of hydrogen-bond donors (Lipinski definition) is 1. The van der Waals surface area contributed by atoms with Crippen LogP contribution in [-0.4, -0.2) is 43.6 Å². The highest BCUT2D eigenvalue weighted by atomic mass is 35.5. The normalized spacial score (nSPS) is 17.4. The summed E-state index contributed by atoms with van der Waals surface area (Å²) in [4.78, 5) is 13.7. The lowest BCUT2D eigenvalue weighted by atomic mass is 10.2. The third-order valence-corrected chi connectivity index (χ3v) is 3.97. The van der Waals surface area contributed by atoms with Crippen molar-refractivity contribution in [2.75, 3.05) is 26.7 Å². The van der Waals surface area contributed by atoms with Gasteiger partial charge in [0.25, 0.3) is 5.91 Å². The van der Waals surface area contributed by atoms with Gasteiger partial charge in [0, 0.05) is 25.7 Å². The van der Waals surface area contributed by atoms with Crippen LogP contribution in [0, 0.1) is 0 Å². The number of carbonyl (C=O) groups is 1. The zero-order chi connectivity index (χ0) is 13.8. The lowest BCUT2D eigenvalue weighted by molar-refractivity contribution is -0.133. The SMILES string of the molecule is CN(C(=O)COc1ccc(Cl)c(Cl)c1)C1CCNC1.Cl. The van der Waals surface area contributed by atoms with E-state index in [-0.39, 0.29) is 31.0 Å². The predicted octanol–water partition coefficient (Wildman–Crippen LogP) is 2.61. The molecule has 0 aromatic heterocycles. The average molecular weight is 340 g/mol. The first kappa shape index (κ1) is 17.4. The van der Waals surface area contributed by atoms with Crippen LogP contribution < -0.4 is 10.1 Å². The second-order valence-electron chi connectivity index (χ2n) is 4.52. The van der Waals surface area contributed by atoms with Crippen LogP contribution in [0.1, 0.15) is 6.42 Å². The molecule has 1 heterocycles. The molecular formula is C13H17Cl3N2O2. The highest BCUT2D eigenvalue weighted by molar-refractivity contribution is 6.42. The van der Waals surface area contributed by atoms with E-state index in [1.54, 1.807) is 30.1 Å². The van der Waals surface area contributed by atoms with Gasteiger partial charge in [-0.05, 0) is 25.1 Å². The van der Waals surface area contributed by atoms with Crippen molar-refractivity contribution in [1.82, 2.24) is 10.2 Å². The largest absolute Gasteiger partial charge is 0.484 e. The summed E-state index contributed by atoms with van der Waals surface area (Å²) < 4.78 is 5.43. The summed E-state index contributed by atoms with van der Waals surface area (Å²) in [7, 11) is 1.80. The predicted molar refractivity (Wildman–Crippen MR) is 83.2 cm³/mol. The van der Waals surface area contributed by atoms with Crippen LogP contribution in [0.5, 0.6) is 5.75 Å². The van der Waals surface area contributed by atoms with Gasteiger partial charge in [-0.1, -0.05) is 23.2 Å². The Morgan fingerprint density at radius 3 is 2.80 bits per heavy atom. The molecule has 1 unspecified atom stereocenters. The first-order valence-electron chi connectivity index (χ1n) is 6.12. The van der Waals surface area contributed by atoms with Crippen LogP contribution in [0.25, 0.3) is 0 Å². The zero-order valence-electron chi connectivity index (χ0n) is 11.1. The summed E-state index contributed by atoms with van der Waals surface area (Å²) in [6, 6.07) is 5.20. The third-order valence-electron chi connectivity index (χ3n) is 3.23. The van der Waals surface area contributed by atoms with Gasteiger partial charge in [0.15, 0.2) is 6.61 Å². The summed E-state index contributed by atoms with van der Waals surface area (Å²) in [6.45, 7) is 1.80. The van der Waals surface area contributed by atoms with Gasteiger partial charge in [-0.2, -0.15) is 0 Å². The summed E-state index contributed by atoms with van der Waals surface area (Å²) >= 11 is 11.7. The minimum Gasteiger partial charge on any atom is -0.484 e. The van der Waals surface area contributed by atoms with E-state index in [2.05, 4.69) is 5.32 Å². The Morgan fingerprint density at radius 2 is 2.20 bits per heavy atom. The molecule has 0 saturated carbocycles. The van der Waals surface area contributed by atoms with Crippen LogP contribution in [0.4, 0.5) is 0 Å². The molecule has 1 aromatic rings. The van der Waals surface area contributed by atoms with Gasteiger partial charge < -0.3 is 15.0 Å². The minimum absolute atomic E-state index is 0. The summed E-state index contributed by atoms with van der Waals surface area (Å²) in [5.41, 5.74) is 0. The number of likely N-dealkylation sites (N-methyl/N-ethyl adjacent to an activating group) is 1. The maximum absolute atomic E-state index is 12.0. The molecule has 1 aromatic carbocycles. The molecule has 1 atom stereocenters. The van der Waals surface area contributed by atoms with E-state index in [9.17, 15) is 4.79 Å². The second kappa shape index (κ2) is 7.93. The van der Waals surface area contributed by atoms with E-state index < -0.39 is 0 Å². The fraction of sp³-hybridized carbons (Fsp3) is 0.462. The molecule has 4 nitrogen and oxygen atoms in total. The van der Waals surface area contributed by atoms with Gasteiger partial charge in [0.2, 0.25) is 0 Å². The number of nitrogens with one attached hydrogen (secondary N) is 1. The molecule has 1 saturated heterocycles. The Bertz CT molecular complexity index is 465. The average Bonchev–Trinajstić information content (AvgIpc) is 2.93. The van der Waals surface area contributed by atoms with E-state index in [0.717, 1.165) is 19.5 Å². The Balaban J connectivity index is 0.00000200. The van der Waals surface area contributed by atoms with E-state index in [1.807, 2.05) is 0 Å². The Morgan fingerprint density at radius 1 is 1.45 bits per heavy atom. The number of ether oxygens (including phenoxy) is 1. The Kier molecular flexibility index (Phi) is 6.89. The molecule has 1 N–H and O–H groups in total. The number of halogens is 3. The first-order chi connectivity index (χ1) is 9.08. The van der Waals surface area contributed by atoms with Gasteiger partial charge in [0.05, 0.1) is 10.0 Å². The molecule has 1 amide bonds. The standard InChI is InChI=1S/C13H16Cl2N2O2.ClH/c1-17(9-4-5-16-7-9)13(18)8-19-10-2-3-11(14)12(15)6-10;/h2-3,6,9,16H,4-5,7-8H2,1H3;1H. The molecule has 0 aliphatic carbocycles. The van der Waals surface area contributed by atoms with Crippen LogP contribution >= 0.6 is 35.6 Å². The summed E-state index contributed by atoms with van der Waals surface area (Å²) in [6.07, 6.45) is 0.981. The number of carbonyl (C=O) groups excluding carboxylic acids is 1. The molecule has 20 heavy (non-hydrogen) atoms. The maximum Gasteiger partial charge on any atom is 0.260 e. The van der Waals surface area contributed by atoms with Gasteiger partial charge in [-0.3, -0.25) is 4.79 Å². The topological polar surface area (TPSA) is 41.6 Å². The number of rotatable bonds is 4. The monoisotopic (exact) mass is 338 g/mol. The molecular weight excluding hydrogens is 323 g/mol. The zero-order valence-corrected chi connectivity index (χ0v) is 13.4. The third kappa shape index (κ3) is 4.42. The van der Waals surface area contributed by atoms with Crippen molar-refractivity contribution >= 4 is 41.5 Å². The Labute approximate surface area is 134 Å². The highest BCUT2D eigenvalue weighted by Crippen LogP contribution is 2.26. The van der Waals surface area contributed by atoms with Crippen molar-refractivity contribution in [2.24, 2.45) is 0 Å². The minimum atomic E-state index is -0.0419. The van der Waals surface area contributed by atoms with Gasteiger partial charge in [-0.25, -0.2) is 0 Å². The fourth-order valence-electron chi connectivity index (χ4n) is 1.99. The number of amides is 1. The van der Waals surface area contributed by atoms with Gasteiger partial charge in [-0.15, -0.1) is 12.4 Å². The molecule has 0 radical (unpaired) electrons. The molecule has 112 valence electrons. The lowest BCUT2D eigenvalue weighted by Crippen LogP contribution is -2.40. The summed E-state index contributed by atoms with van der Waals surface area (Å²) in [5, 5.41) is 4.11. The van der Waals surface area contributed by atoms with Crippen LogP contribution in [0.3, 0.4) is 0 Å². The number of nitrogens with zero attached hydrogens (tertiary/aromatic N) is 1. The molecule has 1 aliphatic rings. The van der Waals surface area contributed by atoms with Crippen LogP contribution in [0.15, 0.2) is 18.2 Å². The van der Waals surface area contributed by atoms with Crippen molar-refractivity contribution in [3.63, 3.8) is 0 Å². The van der Waals surface area contributed by atoms with Crippen molar-refractivity contribution in [2.45, 2.75) is 12.5 Å². The molecule has 0 spiro atoms.